The Morgan fingerprint density at radius 3 is 2.23 bits per heavy atom. The molecule has 0 radical (unpaired) electrons. The number of carbonyl (C=O) groups excluding carboxylic acids is 2. The zero-order valence-corrected chi connectivity index (χ0v) is 29.9. The van der Waals surface area contributed by atoms with Crippen molar-refractivity contribution in [2.75, 3.05) is 36.0 Å². The van der Waals surface area contributed by atoms with Crippen LogP contribution in [-0.2, 0) is 31.3 Å². The van der Waals surface area contributed by atoms with Crippen molar-refractivity contribution in [1.29, 1.82) is 0 Å². The molecule has 10 nitrogen and oxygen atoms in total. The molecular weight excluding hydrogens is 680 g/mol. The largest absolute Gasteiger partial charge is 0.397 e. The first kappa shape index (κ1) is 37.5. The van der Waals surface area contributed by atoms with E-state index in [1.54, 1.807) is 12.1 Å². The van der Waals surface area contributed by atoms with Crippen molar-refractivity contribution in [1.82, 2.24) is 4.90 Å². The highest BCUT2D eigenvalue weighted by Gasteiger charge is 2.37. The third-order valence-electron chi connectivity index (χ3n) is 9.88. The minimum absolute atomic E-state index is 0.0326. The summed E-state index contributed by atoms with van der Waals surface area (Å²) in [5.74, 6) is -0.280. The molecule has 52 heavy (non-hydrogen) atoms. The molecule has 0 spiro atoms. The van der Waals surface area contributed by atoms with Crippen molar-refractivity contribution >= 4 is 40.5 Å². The lowest BCUT2D eigenvalue weighted by atomic mass is 9.84. The second-order valence-electron chi connectivity index (χ2n) is 13.7. The van der Waals surface area contributed by atoms with Gasteiger partial charge >= 0.3 is 0 Å². The molecular formula is C41H47ClN4O6. The van der Waals surface area contributed by atoms with Gasteiger partial charge in [-0.15, -0.1) is 0 Å². The first-order valence-electron chi connectivity index (χ1n) is 17.9. The van der Waals surface area contributed by atoms with Gasteiger partial charge in [0, 0.05) is 55.2 Å². The van der Waals surface area contributed by atoms with Gasteiger partial charge in [0.2, 0.25) is 11.8 Å². The number of nitrogen functional groups attached to an aromatic ring is 1. The Labute approximate surface area is 309 Å². The Morgan fingerprint density at radius 2 is 1.54 bits per heavy atom. The smallest absolute Gasteiger partial charge is 0.224 e. The van der Waals surface area contributed by atoms with Gasteiger partial charge in [0.05, 0.1) is 35.8 Å². The molecule has 3 atom stereocenters. The van der Waals surface area contributed by atoms with Crippen LogP contribution in [0.3, 0.4) is 0 Å². The second kappa shape index (κ2) is 17.5. The lowest BCUT2D eigenvalue weighted by Crippen LogP contribution is -2.46. The molecule has 0 saturated carbocycles. The van der Waals surface area contributed by atoms with Gasteiger partial charge in [0.15, 0.2) is 6.29 Å². The van der Waals surface area contributed by atoms with E-state index in [-0.39, 0.29) is 37.0 Å². The number of benzene rings is 4. The van der Waals surface area contributed by atoms with Crippen LogP contribution < -0.4 is 16.4 Å². The number of piperidine rings is 1. The van der Waals surface area contributed by atoms with Crippen LogP contribution in [-0.4, -0.2) is 52.7 Å². The maximum absolute atomic E-state index is 12.9. The Bertz CT molecular complexity index is 1800. The lowest BCUT2D eigenvalue weighted by molar-refractivity contribution is -0.253. The van der Waals surface area contributed by atoms with Crippen LogP contribution in [0.5, 0.6) is 0 Å². The van der Waals surface area contributed by atoms with Gasteiger partial charge < -0.3 is 41.0 Å². The number of unbranched alkanes of at least 4 members (excludes halogenated alkanes) is 1. The number of hydrogen-bond donors (Lipinski definition) is 5. The molecule has 0 aliphatic carbocycles. The average molecular weight is 727 g/mol. The molecule has 2 heterocycles. The number of likely N-dealkylation sites (tertiary alicyclic amines) is 1. The van der Waals surface area contributed by atoms with Crippen molar-refractivity contribution < 1.29 is 29.3 Å². The summed E-state index contributed by atoms with van der Waals surface area (Å²) in [6.45, 7) is 2.08. The van der Waals surface area contributed by atoms with E-state index < -0.39 is 11.9 Å². The molecule has 2 saturated heterocycles. The van der Waals surface area contributed by atoms with Crippen LogP contribution in [0, 0.1) is 0 Å². The molecule has 2 fully saturated rings. The molecule has 3 unspecified atom stereocenters. The first-order chi connectivity index (χ1) is 25.2. The highest BCUT2D eigenvalue weighted by Crippen LogP contribution is 2.40. The maximum Gasteiger partial charge on any atom is 0.224 e. The Hall–Kier alpha value is -4.29. The molecule has 4 aromatic carbocycles. The number of nitrogens with zero attached hydrogens (tertiary/aromatic N) is 1. The Balaban J connectivity index is 1.05. The number of rotatable bonds is 13. The zero-order valence-electron chi connectivity index (χ0n) is 29.2. The lowest BCUT2D eigenvalue weighted by Gasteiger charge is -2.42. The van der Waals surface area contributed by atoms with E-state index in [4.69, 9.17) is 26.8 Å². The summed E-state index contributed by atoms with van der Waals surface area (Å²) in [6.07, 6.45) is 2.46. The molecule has 11 heteroatoms. The van der Waals surface area contributed by atoms with Crippen LogP contribution in [0.25, 0.3) is 0 Å². The molecule has 6 N–H and O–H groups in total. The summed E-state index contributed by atoms with van der Waals surface area (Å²) in [5.41, 5.74) is 10.2. The van der Waals surface area contributed by atoms with Gasteiger partial charge in [-0.25, -0.2) is 0 Å². The fraction of sp³-hybridized carbons (Fsp3) is 0.366. The molecule has 2 aliphatic heterocycles. The molecule has 6 rings (SSSR count). The van der Waals surface area contributed by atoms with Gasteiger partial charge in [-0.05, 0) is 78.8 Å². The van der Waals surface area contributed by atoms with Gasteiger partial charge in [0.1, 0.15) is 0 Å². The maximum atomic E-state index is 12.9. The van der Waals surface area contributed by atoms with E-state index in [1.807, 2.05) is 84.9 Å². The van der Waals surface area contributed by atoms with Gasteiger partial charge in [-0.3, -0.25) is 9.59 Å². The molecule has 2 amide bonds. The number of nitrogens with two attached hydrogens (primary N) is 1. The standard InChI is InChI=1S/C41H47ClN4O6/c42-32-18-16-31(17-19-32)41(50)20-22-46(23-21-41)26-34-25-37(29-14-12-28(27-47)13-15-29)52-40(51-34)30-6-5-7-33(24-30)44-38(48)10-3-4-11-39(49)45-36-9-2-1-8-35(36)43/h1-2,5-9,12-19,24,34,37,40,47,50H,3-4,10-11,20-23,25-27,43H2,(H,44,48)(H,45,49). The molecule has 0 aromatic heterocycles. The summed E-state index contributed by atoms with van der Waals surface area (Å²) >= 11 is 6.08. The predicted molar refractivity (Wildman–Crippen MR) is 202 cm³/mol. The van der Waals surface area contributed by atoms with E-state index >= 15 is 0 Å². The van der Waals surface area contributed by atoms with Crippen LogP contribution >= 0.6 is 11.6 Å². The van der Waals surface area contributed by atoms with Crippen molar-refractivity contribution in [2.45, 2.75) is 75.7 Å². The summed E-state index contributed by atoms with van der Waals surface area (Å²) in [4.78, 5) is 27.5. The molecule has 0 bridgehead atoms. The van der Waals surface area contributed by atoms with E-state index in [9.17, 15) is 19.8 Å². The third kappa shape index (κ3) is 9.97. The number of aliphatic hydroxyl groups excluding tert-OH is 1. The average Bonchev–Trinajstić information content (AvgIpc) is 3.15. The van der Waals surface area contributed by atoms with Gasteiger partial charge in [0.25, 0.3) is 0 Å². The number of aliphatic hydroxyl groups is 2. The predicted octanol–water partition coefficient (Wildman–Crippen LogP) is 7.08. The highest BCUT2D eigenvalue weighted by molar-refractivity contribution is 6.30. The topological polar surface area (TPSA) is 146 Å². The van der Waals surface area contributed by atoms with E-state index in [1.165, 1.54) is 0 Å². The van der Waals surface area contributed by atoms with E-state index in [0.717, 1.165) is 22.3 Å². The minimum atomic E-state index is -0.895. The number of anilines is 3. The highest BCUT2D eigenvalue weighted by atomic mass is 35.5. The minimum Gasteiger partial charge on any atom is -0.397 e. The normalized spacial score (nSPS) is 20.2. The van der Waals surface area contributed by atoms with E-state index in [0.29, 0.717) is 80.2 Å². The van der Waals surface area contributed by atoms with Crippen LogP contribution in [0.1, 0.15) is 79.6 Å². The fourth-order valence-electron chi connectivity index (χ4n) is 6.86. The number of halogens is 1. The van der Waals surface area contributed by atoms with Crippen LogP contribution in [0.15, 0.2) is 97.1 Å². The van der Waals surface area contributed by atoms with Crippen molar-refractivity contribution in [3.63, 3.8) is 0 Å². The second-order valence-corrected chi connectivity index (χ2v) is 14.1. The fourth-order valence-corrected chi connectivity index (χ4v) is 6.98. The molecule has 2 aliphatic rings. The zero-order chi connectivity index (χ0) is 36.5. The number of para-hydroxylation sites is 2. The van der Waals surface area contributed by atoms with E-state index in [2.05, 4.69) is 15.5 Å². The third-order valence-corrected chi connectivity index (χ3v) is 10.1. The summed E-state index contributed by atoms with van der Waals surface area (Å²) in [7, 11) is 0. The van der Waals surface area contributed by atoms with Gasteiger partial charge in [-0.1, -0.05) is 72.3 Å². The van der Waals surface area contributed by atoms with Crippen molar-refractivity contribution in [2.24, 2.45) is 0 Å². The monoisotopic (exact) mass is 726 g/mol. The van der Waals surface area contributed by atoms with Gasteiger partial charge in [-0.2, -0.15) is 0 Å². The number of carbonyl (C=O) groups is 2. The molecule has 4 aromatic rings. The Kier molecular flexibility index (Phi) is 12.6. The van der Waals surface area contributed by atoms with Crippen molar-refractivity contribution in [3.8, 4) is 0 Å². The molecule has 274 valence electrons. The summed E-state index contributed by atoms with van der Waals surface area (Å²) in [5, 5.41) is 27.4. The van der Waals surface area contributed by atoms with Crippen LogP contribution in [0.4, 0.5) is 17.1 Å². The number of amides is 2. The number of hydrogen-bond acceptors (Lipinski definition) is 8. The van der Waals surface area contributed by atoms with Crippen LogP contribution in [0.2, 0.25) is 5.02 Å². The summed E-state index contributed by atoms with van der Waals surface area (Å²) < 4.78 is 13.1. The SMILES string of the molecule is Nc1ccccc1NC(=O)CCCCC(=O)Nc1cccc(C2OC(CN3CCC(O)(c4ccc(Cl)cc4)CC3)CC(c3ccc(CO)cc3)O2)c1. The van der Waals surface area contributed by atoms with Crippen molar-refractivity contribution in [3.05, 3.63) is 124 Å². The number of ether oxygens (including phenoxy) is 2. The quantitative estimate of drug-likeness (QED) is 0.0726. The number of nitrogens with one attached hydrogen (secondary N) is 2. The first-order valence-corrected chi connectivity index (χ1v) is 18.3. The Morgan fingerprint density at radius 1 is 0.846 bits per heavy atom. The summed E-state index contributed by atoms with van der Waals surface area (Å²) in [6, 6.07) is 29.8.